The third kappa shape index (κ3) is 3.89. The monoisotopic (exact) mass is 343 g/mol. The van der Waals surface area contributed by atoms with Crippen molar-refractivity contribution in [2.75, 3.05) is 11.9 Å². The number of halogens is 1. The molecule has 1 aliphatic rings. The van der Waals surface area contributed by atoms with Crippen molar-refractivity contribution in [3.63, 3.8) is 0 Å². The molecule has 0 saturated heterocycles. The average molecular weight is 344 g/mol. The van der Waals surface area contributed by atoms with Crippen LogP contribution in [0.5, 0.6) is 0 Å². The molecule has 2 aromatic rings. The van der Waals surface area contributed by atoms with Gasteiger partial charge in [0.15, 0.2) is 5.96 Å². The first-order valence-corrected chi connectivity index (χ1v) is 8.63. The molecule has 1 aliphatic carbocycles. The molecule has 2 aromatic carbocycles. The Morgan fingerprint density at radius 2 is 1.96 bits per heavy atom. The zero-order valence-corrected chi connectivity index (χ0v) is 14.3. The van der Waals surface area contributed by atoms with Gasteiger partial charge in [0.05, 0.1) is 6.54 Å². The molecule has 4 N–H and O–H groups in total. The summed E-state index contributed by atoms with van der Waals surface area (Å²) in [6, 6.07) is 13.5. The van der Waals surface area contributed by atoms with Gasteiger partial charge in [0.25, 0.3) is 0 Å². The summed E-state index contributed by atoms with van der Waals surface area (Å²) >= 11 is 6.09. The Morgan fingerprint density at radius 3 is 2.79 bits per heavy atom. The van der Waals surface area contributed by atoms with Gasteiger partial charge >= 0.3 is 0 Å². The number of aliphatic hydroxyl groups is 1. The van der Waals surface area contributed by atoms with Gasteiger partial charge in [-0.1, -0.05) is 41.9 Å². The summed E-state index contributed by atoms with van der Waals surface area (Å²) in [5, 5.41) is 13.9. The number of rotatable bonds is 4. The van der Waals surface area contributed by atoms with Crippen LogP contribution in [0.1, 0.15) is 35.6 Å². The molecular weight excluding hydrogens is 322 g/mol. The fraction of sp³-hybridized carbons (Fsp3) is 0.316. The van der Waals surface area contributed by atoms with Gasteiger partial charge in [-0.15, -0.1) is 0 Å². The lowest BCUT2D eigenvalue weighted by Gasteiger charge is -2.20. The summed E-state index contributed by atoms with van der Waals surface area (Å²) in [7, 11) is 0. The number of aryl methyl sites for hydroxylation is 1. The molecule has 24 heavy (non-hydrogen) atoms. The van der Waals surface area contributed by atoms with Crippen LogP contribution in [0.2, 0.25) is 5.02 Å². The second-order valence-corrected chi connectivity index (χ2v) is 6.45. The number of hydrogen-bond acceptors (Lipinski definition) is 2. The predicted octanol–water partition coefficient (Wildman–Crippen LogP) is 3.68. The highest BCUT2D eigenvalue weighted by atomic mass is 35.5. The summed E-state index contributed by atoms with van der Waals surface area (Å²) in [6.45, 7) is 0.164. The van der Waals surface area contributed by atoms with Gasteiger partial charge in [-0.3, -0.25) is 4.99 Å². The summed E-state index contributed by atoms with van der Waals surface area (Å²) in [5.74, 6) is 0.306. The summed E-state index contributed by atoms with van der Waals surface area (Å²) in [5.41, 5.74) is 10.4. The van der Waals surface area contributed by atoms with E-state index in [9.17, 15) is 5.11 Å². The molecule has 3 rings (SSSR count). The number of hydrogen-bond donors (Lipinski definition) is 3. The van der Waals surface area contributed by atoms with Gasteiger partial charge < -0.3 is 16.2 Å². The number of nitrogens with one attached hydrogen (secondary N) is 1. The lowest BCUT2D eigenvalue weighted by atomic mass is 9.90. The number of aliphatic imine (C=N–C) groups is 1. The van der Waals surface area contributed by atoms with Crippen molar-refractivity contribution in [3.05, 3.63) is 64.2 Å². The van der Waals surface area contributed by atoms with E-state index in [0.29, 0.717) is 16.5 Å². The lowest BCUT2D eigenvalue weighted by Crippen LogP contribution is -2.25. The fourth-order valence-electron chi connectivity index (χ4n) is 3.10. The molecule has 126 valence electrons. The van der Waals surface area contributed by atoms with Crippen LogP contribution in [-0.4, -0.2) is 17.6 Å². The Kier molecular flexibility index (Phi) is 5.38. The maximum absolute atomic E-state index is 10.2. The lowest BCUT2D eigenvalue weighted by molar-refractivity contribution is 0.187. The molecule has 0 aliphatic heterocycles. The van der Waals surface area contributed by atoms with E-state index in [1.165, 1.54) is 24.0 Å². The van der Waals surface area contributed by atoms with Gasteiger partial charge in [0, 0.05) is 16.3 Å². The van der Waals surface area contributed by atoms with Crippen LogP contribution in [-0.2, 0) is 12.8 Å². The van der Waals surface area contributed by atoms with Crippen molar-refractivity contribution in [1.29, 1.82) is 0 Å². The van der Waals surface area contributed by atoms with Gasteiger partial charge in [0.1, 0.15) is 6.10 Å². The Bertz CT molecular complexity index is 745. The summed E-state index contributed by atoms with van der Waals surface area (Å²) < 4.78 is 0. The molecule has 0 heterocycles. The van der Waals surface area contributed by atoms with Crippen LogP contribution < -0.4 is 11.1 Å². The van der Waals surface area contributed by atoms with E-state index < -0.39 is 6.10 Å². The third-order valence-corrected chi connectivity index (χ3v) is 4.70. The zero-order chi connectivity index (χ0) is 16.9. The molecule has 0 spiro atoms. The number of fused-ring (bicyclic) bond motifs is 1. The fourth-order valence-corrected chi connectivity index (χ4v) is 3.37. The number of nitrogens with zero attached hydrogens (tertiary/aromatic N) is 1. The first-order chi connectivity index (χ1) is 11.6. The molecule has 4 nitrogen and oxygen atoms in total. The first kappa shape index (κ1) is 16.8. The maximum atomic E-state index is 10.2. The van der Waals surface area contributed by atoms with Gasteiger partial charge in [-0.05, 0) is 48.9 Å². The van der Waals surface area contributed by atoms with E-state index in [1.54, 1.807) is 12.1 Å². The van der Waals surface area contributed by atoms with Crippen LogP contribution in [0.25, 0.3) is 0 Å². The van der Waals surface area contributed by atoms with Crippen molar-refractivity contribution < 1.29 is 5.11 Å². The molecule has 0 bridgehead atoms. The van der Waals surface area contributed by atoms with Crippen molar-refractivity contribution in [2.24, 2.45) is 10.7 Å². The third-order valence-electron chi connectivity index (χ3n) is 4.36. The Hall–Kier alpha value is -2.04. The Morgan fingerprint density at radius 1 is 1.17 bits per heavy atom. The van der Waals surface area contributed by atoms with Crippen molar-refractivity contribution >= 4 is 23.2 Å². The average Bonchev–Trinajstić information content (AvgIpc) is 2.60. The number of nitrogens with two attached hydrogens (primary N) is 1. The van der Waals surface area contributed by atoms with Crippen LogP contribution in [0.4, 0.5) is 5.69 Å². The number of benzene rings is 2. The van der Waals surface area contributed by atoms with Crippen molar-refractivity contribution in [1.82, 2.24) is 0 Å². The van der Waals surface area contributed by atoms with Crippen LogP contribution in [0.3, 0.4) is 0 Å². The van der Waals surface area contributed by atoms with E-state index in [4.69, 9.17) is 17.3 Å². The number of anilines is 1. The van der Waals surface area contributed by atoms with Gasteiger partial charge in [-0.25, -0.2) is 0 Å². The van der Waals surface area contributed by atoms with Crippen LogP contribution in [0, 0.1) is 0 Å². The Balaban J connectivity index is 1.68. The van der Waals surface area contributed by atoms with Crippen molar-refractivity contribution in [3.8, 4) is 0 Å². The highest BCUT2D eigenvalue weighted by Crippen LogP contribution is 2.28. The zero-order valence-electron chi connectivity index (χ0n) is 13.5. The minimum Gasteiger partial charge on any atom is -0.386 e. The largest absolute Gasteiger partial charge is 0.386 e. The van der Waals surface area contributed by atoms with Gasteiger partial charge in [0.2, 0.25) is 0 Å². The maximum Gasteiger partial charge on any atom is 0.193 e. The minimum atomic E-state index is -0.774. The quantitative estimate of drug-likeness (QED) is 0.586. The summed E-state index contributed by atoms with van der Waals surface area (Å²) in [6.07, 6.45) is 3.85. The minimum absolute atomic E-state index is 0.164. The van der Waals surface area contributed by atoms with Crippen LogP contribution >= 0.6 is 11.6 Å². The molecule has 1 unspecified atom stereocenters. The SMILES string of the molecule is NC(=NCC(O)c1ccccc1Cl)Nc1cccc2c1CCCC2. The van der Waals surface area contributed by atoms with E-state index in [-0.39, 0.29) is 6.54 Å². The second-order valence-electron chi connectivity index (χ2n) is 6.04. The molecule has 5 heteroatoms. The second kappa shape index (κ2) is 7.69. The first-order valence-electron chi connectivity index (χ1n) is 8.25. The summed E-state index contributed by atoms with van der Waals surface area (Å²) in [4.78, 5) is 4.26. The van der Waals surface area contributed by atoms with Crippen molar-refractivity contribution in [2.45, 2.75) is 31.8 Å². The highest BCUT2D eigenvalue weighted by Gasteiger charge is 2.14. The molecule has 0 amide bonds. The molecule has 0 radical (unpaired) electrons. The molecular formula is C19H22ClN3O. The molecule has 0 saturated carbocycles. The normalized spacial score (nSPS) is 15.7. The van der Waals surface area contributed by atoms with E-state index >= 15 is 0 Å². The molecule has 0 aromatic heterocycles. The molecule has 0 fully saturated rings. The predicted molar refractivity (Wildman–Crippen MR) is 99.6 cm³/mol. The standard InChI is InChI=1S/C19H22ClN3O/c20-16-10-4-3-9-15(16)18(24)12-22-19(21)23-17-11-5-7-13-6-1-2-8-14(13)17/h3-5,7,9-11,18,24H,1-2,6,8,12H2,(H3,21,22,23). The number of guanidine groups is 1. The van der Waals surface area contributed by atoms with E-state index in [2.05, 4.69) is 16.4 Å². The van der Waals surface area contributed by atoms with Crippen LogP contribution in [0.15, 0.2) is 47.5 Å². The van der Waals surface area contributed by atoms with E-state index in [1.807, 2.05) is 24.3 Å². The number of aliphatic hydroxyl groups excluding tert-OH is 1. The van der Waals surface area contributed by atoms with E-state index in [0.717, 1.165) is 18.5 Å². The smallest absolute Gasteiger partial charge is 0.193 e. The highest BCUT2D eigenvalue weighted by molar-refractivity contribution is 6.31. The topological polar surface area (TPSA) is 70.6 Å². The molecule has 1 atom stereocenters. The van der Waals surface area contributed by atoms with Gasteiger partial charge in [-0.2, -0.15) is 0 Å². The Labute approximate surface area is 147 Å².